The summed E-state index contributed by atoms with van der Waals surface area (Å²) >= 11 is 0. The lowest BCUT2D eigenvalue weighted by atomic mass is 9.87. The quantitative estimate of drug-likeness (QED) is 0.291. The van der Waals surface area contributed by atoms with Crippen molar-refractivity contribution in [2.45, 2.75) is 5.92 Å². The highest BCUT2D eigenvalue weighted by Crippen LogP contribution is 2.45. The van der Waals surface area contributed by atoms with Gasteiger partial charge in [-0.3, -0.25) is 10.1 Å². The molecule has 2 N–H and O–H groups in total. The summed E-state index contributed by atoms with van der Waals surface area (Å²) < 4.78 is 17.0. The number of allylic oxidation sites excluding steroid dienone is 1. The van der Waals surface area contributed by atoms with E-state index >= 15 is 0 Å². The Morgan fingerprint density at radius 2 is 1.78 bits per heavy atom. The fraction of sp³-hybridized carbons (Fsp3) is 0.0435. The van der Waals surface area contributed by atoms with E-state index in [0.717, 1.165) is 0 Å². The molecule has 0 spiro atoms. The molecule has 2 aromatic heterocycles. The van der Waals surface area contributed by atoms with Gasteiger partial charge in [-0.15, -0.1) is 0 Å². The molecule has 4 aromatic rings. The minimum absolute atomic E-state index is 0.0245. The molecule has 0 radical (unpaired) electrons. The molecule has 1 aliphatic heterocycles. The first-order valence-electron chi connectivity index (χ1n) is 9.46. The number of para-hydroxylation sites is 2. The molecule has 156 valence electrons. The van der Waals surface area contributed by atoms with E-state index in [0.29, 0.717) is 11.0 Å². The van der Waals surface area contributed by atoms with Crippen LogP contribution in [0.2, 0.25) is 0 Å². The number of nitro benzene ring substituents is 1. The highest BCUT2D eigenvalue weighted by molar-refractivity contribution is 5.86. The third kappa shape index (κ3) is 2.82. The molecule has 0 bridgehead atoms. The molecular formula is C23H13N3O6. The van der Waals surface area contributed by atoms with Gasteiger partial charge >= 0.3 is 5.63 Å². The first-order valence-corrected chi connectivity index (χ1v) is 9.46. The van der Waals surface area contributed by atoms with E-state index < -0.39 is 16.5 Å². The van der Waals surface area contributed by atoms with Crippen LogP contribution in [0, 0.1) is 21.4 Å². The molecule has 9 heteroatoms. The predicted molar refractivity (Wildman–Crippen MR) is 113 cm³/mol. The second-order valence-electron chi connectivity index (χ2n) is 7.03. The number of furan rings is 1. The summed E-state index contributed by atoms with van der Waals surface area (Å²) in [4.78, 5) is 23.8. The molecule has 1 aliphatic rings. The van der Waals surface area contributed by atoms with Gasteiger partial charge in [-0.1, -0.05) is 24.3 Å². The molecule has 0 saturated heterocycles. The van der Waals surface area contributed by atoms with Crippen molar-refractivity contribution in [2.75, 3.05) is 0 Å². The summed E-state index contributed by atoms with van der Waals surface area (Å²) in [5.74, 6) is -0.571. The van der Waals surface area contributed by atoms with Gasteiger partial charge in [0.25, 0.3) is 5.69 Å². The van der Waals surface area contributed by atoms with Crippen molar-refractivity contribution in [3.63, 3.8) is 0 Å². The lowest BCUT2D eigenvalue weighted by Crippen LogP contribution is -2.26. The monoisotopic (exact) mass is 427 g/mol. The zero-order valence-electron chi connectivity index (χ0n) is 16.3. The summed E-state index contributed by atoms with van der Waals surface area (Å²) in [5.41, 5.74) is 5.80. The highest BCUT2D eigenvalue weighted by atomic mass is 16.6. The topological polar surface area (TPSA) is 146 Å². The molecule has 3 heterocycles. The Kier molecular flexibility index (Phi) is 4.27. The van der Waals surface area contributed by atoms with E-state index in [9.17, 15) is 20.2 Å². The lowest BCUT2D eigenvalue weighted by Gasteiger charge is -2.24. The normalized spacial score (nSPS) is 15.2. The van der Waals surface area contributed by atoms with Gasteiger partial charge in [0, 0.05) is 6.07 Å². The van der Waals surface area contributed by atoms with Crippen LogP contribution in [0.1, 0.15) is 17.2 Å². The summed E-state index contributed by atoms with van der Waals surface area (Å²) in [6, 6.07) is 18.0. The van der Waals surface area contributed by atoms with Gasteiger partial charge in [0.15, 0.2) is 5.75 Å². The number of nitrogens with zero attached hydrogens (tertiary/aromatic N) is 2. The van der Waals surface area contributed by atoms with E-state index in [4.69, 9.17) is 19.3 Å². The fourth-order valence-electron chi connectivity index (χ4n) is 3.84. The van der Waals surface area contributed by atoms with Gasteiger partial charge in [-0.25, -0.2) is 4.79 Å². The van der Waals surface area contributed by atoms with E-state index in [1.54, 1.807) is 54.6 Å². The predicted octanol–water partition coefficient (Wildman–Crippen LogP) is 4.18. The van der Waals surface area contributed by atoms with Gasteiger partial charge in [0.05, 0.1) is 27.4 Å². The van der Waals surface area contributed by atoms with Crippen molar-refractivity contribution < 1.29 is 18.5 Å². The van der Waals surface area contributed by atoms with Crippen molar-refractivity contribution >= 4 is 16.7 Å². The maximum Gasteiger partial charge on any atom is 0.344 e. The number of nitriles is 1. The van der Waals surface area contributed by atoms with Crippen LogP contribution in [-0.2, 0) is 0 Å². The summed E-state index contributed by atoms with van der Waals surface area (Å²) in [6.45, 7) is 0. The summed E-state index contributed by atoms with van der Waals surface area (Å²) in [6.07, 6.45) is 0. The Morgan fingerprint density at radius 1 is 1.03 bits per heavy atom. The van der Waals surface area contributed by atoms with Gasteiger partial charge in [-0.2, -0.15) is 5.26 Å². The van der Waals surface area contributed by atoms with Crippen LogP contribution >= 0.6 is 0 Å². The number of ether oxygens (including phenoxy) is 1. The maximum atomic E-state index is 12.9. The zero-order chi connectivity index (χ0) is 22.4. The summed E-state index contributed by atoms with van der Waals surface area (Å²) in [5, 5.41) is 21.6. The first-order chi connectivity index (χ1) is 15.5. The molecular weight excluding hydrogens is 414 g/mol. The van der Waals surface area contributed by atoms with Crippen LogP contribution in [0.3, 0.4) is 0 Å². The first kappa shape index (κ1) is 19.1. The van der Waals surface area contributed by atoms with Crippen LogP contribution in [0.15, 0.2) is 85.7 Å². The van der Waals surface area contributed by atoms with E-state index in [1.165, 1.54) is 6.07 Å². The fourth-order valence-corrected chi connectivity index (χ4v) is 3.84. The smallest absolute Gasteiger partial charge is 0.344 e. The van der Waals surface area contributed by atoms with E-state index in [1.807, 2.05) is 6.07 Å². The van der Waals surface area contributed by atoms with Crippen LogP contribution in [0.4, 0.5) is 5.69 Å². The molecule has 32 heavy (non-hydrogen) atoms. The Hall–Kier alpha value is -4.84. The van der Waals surface area contributed by atoms with Gasteiger partial charge in [0.2, 0.25) is 5.88 Å². The Balaban J connectivity index is 1.74. The van der Waals surface area contributed by atoms with Crippen LogP contribution in [0.5, 0.6) is 5.75 Å². The Morgan fingerprint density at radius 3 is 2.56 bits per heavy atom. The van der Waals surface area contributed by atoms with Crippen molar-refractivity contribution in [1.82, 2.24) is 0 Å². The second-order valence-corrected chi connectivity index (χ2v) is 7.03. The van der Waals surface area contributed by atoms with Crippen molar-refractivity contribution in [3.8, 4) is 23.1 Å². The Labute approximate surface area is 179 Å². The van der Waals surface area contributed by atoms with Crippen molar-refractivity contribution in [3.05, 3.63) is 104 Å². The molecule has 0 saturated carbocycles. The number of benzene rings is 2. The molecule has 2 aromatic carbocycles. The number of fused-ring (bicyclic) bond motifs is 3. The summed E-state index contributed by atoms with van der Waals surface area (Å²) in [7, 11) is 0. The molecule has 9 nitrogen and oxygen atoms in total. The maximum absolute atomic E-state index is 12.9. The van der Waals surface area contributed by atoms with Crippen molar-refractivity contribution in [1.29, 1.82) is 5.26 Å². The number of nitrogens with two attached hydrogens (primary N) is 1. The number of hydrogen-bond donors (Lipinski definition) is 1. The van der Waals surface area contributed by atoms with Crippen molar-refractivity contribution in [2.24, 2.45) is 5.73 Å². The minimum Gasteiger partial charge on any atom is -0.460 e. The van der Waals surface area contributed by atoms with Gasteiger partial charge in [-0.05, 0) is 30.3 Å². The Bertz CT molecular complexity index is 1540. The average Bonchev–Trinajstić information content (AvgIpc) is 3.28. The van der Waals surface area contributed by atoms with Gasteiger partial charge in [0.1, 0.15) is 28.7 Å². The molecule has 0 aliphatic carbocycles. The molecule has 0 fully saturated rings. The van der Waals surface area contributed by atoms with Gasteiger partial charge < -0.3 is 19.3 Å². The lowest BCUT2D eigenvalue weighted by molar-refractivity contribution is -0.384. The number of nitro groups is 1. The third-order valence-electron chi connectivity index (χ3n) is 5.25. The number of hydrogen-bond acceptors (Lipinski definition) is 8. The number of rotatable bonds is 3. The average molecular weight is 427 g/mol. The third-order valence-corrected chi connectivity index (χ3v) is 5.25. The van der Waals surface area contributed by atoms with E-state index in [-0.39, 0.29) is 45.5 Å². The molecule has 1 atom stereocenters. The van der Waals surface area contributed by atoms with E-state index in [2.05, 4.69) is 0 Å². The minimum atomic E-state index is -0.999. The largest absolute Gasteiger partial charge is 0.460 e. The van der Waals surface area contributed by atoms with Crippen LogP contribution < -0.4 is 16.1 Å². The second kappa shape index (κ2) is 7.14. The van der Waals surface area contributed by atoms with Crippen LogP contribution in [0.25, 0.3) is 22.3 Å². The highest BCUT2D eigenvalue weighted by Gasteiger charge is 2.37. The van der Waals surface area contributed by atoms with Crippen LogP contribution in [-0.4, -0.2) is 4.92 Å². The molecule has 1 unspecified atom stereocenters. The molecule has 0 amide bonds. The zero-order valence-corrected chi connectivity index (χ0v) is 16.3. The standard InChI is InChI=1S/C23H13N3O6/c24-11-14-19(18-10-9-17(30-18)12-5-1-3-7-15(12)26(28)29)20-21(32-22(14)25)13-6-2-4-8-16(13)31-23(20)27/h1-10,19H,25H2. The SMILES string of the molecule is N#CC1=C(N)Oc2c(c(=O)oc3ccccc23)C1c1ccc(-c2ccccc2[N+](=O)[O-])o1. The molecule has 5 rings (SSSR count).